The maximum Gasteiger partial charge on any atom is 0.189 e. The number of carbonyl (C=O) groups is 1. The molecule has 0 saturated carbocycles. The van der Waals surface area contributed by atoms with E-state index in [9.17, 15) is 4.79 Å². The molecule has 3 atom stereocenters. The van der Waals surface area contributed by atoms with Crippen LogP contribution in [-0.4, -0.2) is 25.3 Å². The highest BCUT2D eigenvalue weighted by Crippen LogP contribution is 2.46. The Morgan fingerprint density at radius 1 is 1.50 bits per heavy atom. The van der Waals surface area contributed by atoms with Crippen molar-refractivity contribution < 1.29 is 19.0 Å². The Kier molecular flexibility index (Phi) is 5.49. The first kappa shape index (κ1) is 18.7. The van der Waals surface area contributed by atoms with E-state index in [1.807, 2.05) is 6.07 Å². The molecular formula is C21H27NO4. The second-order valence-corrected chi connectivity index (χ2v) is 7.09. The van der Waals surface area contributed by atoms with Crippen LogP contribution in [0.15, 0.2) is 42.7 Å². The fourth-order valence-electron chi connectivity index (χ4n) is 4.05. The Morgan fingerprint density at radius 2 is 2.31 bits per heavy atom. The van der Waals surface area contributed by atoms with E-state index in [4.69, 9.17) is 19.9 Å². The highest BCUT2D eigenvalue weighted by atomic mass is 16.7. The van der Waals surface area contributed by atoms with Gasteiger partial charge in [0.1, 0.15) is 17.1 Å². The maximum absolute atomic E-state index is 12.3. The predicted octanol–water partition coefficient (Wildman–Crippen LogP) is 3.12. The standard InChI is InChI=1S/C21H27NO4/c1-4-5-16-11-21(20(10-18(16)23)25-13-26-21)14(2)8-15-6-7-19(24-3)17(9-15)12-22/h4,6-7,9-10,14,16H,1,5,8,11-13,22H2,2-3H3/t14-,16-,21+/m0/s1. The number of hydrogen-bond acceptors (Lipinski definition) is 5. The van der Waals surface area contributed by atoms with Crippen molar-refractivity contribution in [2.75, 3.05) is 13.9 Å². The predicted molar refractivity (Wildman–Crippen MR) is 99.5 cm³/mol. The number of allylic oxidation sites excluding steroid dienone is 2. The van der Waals surface area contributed by atoms with E-state index in [-0.39, 0.29) is 24.4 Å². The quantitative estimate of drug-likeness (QED) is 0.759. The molecule has 1 aromatic carbocycles. The molecular weight excluding hydrogens is 330 g/mol. The second kappa shape index (κ2) is 7.64. The number of methoxy groups -OCH3 is 1. The molecule has 1 aromatic rings. The summed E-state index contributed by atoms with van der Waals surface area (Å²) in [7, 11) is 1.65. The molecule has 1 fully saturated rings. The van der Waals surface area contributed by atoms with Crippen molar-refractivity contribution >= 4 is 5.78 Å². The van der Waals surface area contributed by atoms with Crippen LogP contribution in [-0.2, 0) is 27.2 Å². The van der Waals surface area contributed by atoms with Crippen LogP contribution in [0.3, 0.4) is 0 Å². The van der Waals surface area contributed by atoms with Crippen LogP contribution < -0.4 is 10.5 Å². The molecule has 0 radical (unpaired) electrons. The van der Waals surface area contributed by atoms with E-state index in [1.165, 1.54) is 5.56 Å². The number of ether oxygens (including phenoxy) is 3. The molecule has 1 heterocycles. The molecule has 2 N–H and O–H groups in total. The summed E-state index contributed by atoms with van der Waals surface area (Å²) in [4.78, 5) is 12.3. The van der Waals surface area contributed by atoms with Crippen molar-refractivity contribution in [3.05, 3.63) is 53.8 Å². The summed E-state index contributed by atoms with van der Waals surface area (Å²) in [6.45, 7) is 6.55. The van der Waals surface area contributed by atoms with Gasteiger partial charge < -0.3 is 19.9 Å². The summed E-state index contributed by atoms with van der Waals surface area (Å²) < 4.78 is 17.1. The van der Waals surface area contributed by atoms with Crippen molar-refractivity contribution in [3.63, 3.8) is 0 Å². The number of fused-ring (bicyclic) bond motifs is 1. The number of hydrogen-bond donors (Lipinski definition) is 1. The van der Waals surface area contributed by atoms with Gasteiger partial charge in [-0.1, -0.05) is 25.1 Å². The van der Waals surface area contributed by atoms with E-state index in [2.05, 4.69) is 25.6 Å². The zero-order valence-corrected chi connectivity index (χ0v) is 15.5. The van der Waals surface area contributed by atoms with Gasteiger partial charge in [-0.3, -0.25) is 4.79 Å². The number of carbonyl (C=O) groups excluding carboxylic acids is 1. The lowest BCUT2D eigenvalue weighted by molar-refractivity contribution is -0.123. The Morgan fingerprint density at radius 3 is 3.00 bits per heavy atom. The lowest BCUT2D eigenvalue weighted by atomic mass is 9.71. The molecule has 0 spiro atoms. The SMILES string of the molecule is C=CC[C@H]1C[C@]2([C@@H](C)Cc3ccc(OC)c(CN)c3)OCOC2=CC1=O. The van der Waals surface area contributed by atoms with E-state index >= 15 is 0 Å². The van der Waals surface area contributed by atoms with Crippen LogP contribution in [0.2, 0.25) is 0 Å². The van der Waals surface area contributed by atoms with Gasteiger partial charge in [0.25, 0.3) is 0 Å². The van der Waals surface area contributed by atoms with Gasteiger partial charge in [-0.25, -0.2) is 0 Å². The van der Waals surface area contributed by atoms with Gasteiger partial charge in [-0.15, -0.1) is 6.58 Å². The van der Waals surface area contributed by atoms with Crippen LogP contribution in [0.4, 0.5) is 0 Å². The average molecular weight is 357 g/mol. The summed E-state index contributed by atoms with van der Waals surface area (Å²) in [6, 6.07) is 6.09. The monoisotopic (exact) mass is 357 g/mol. The zero-order valence-electron chi connectivity index (χ0n) is 15.5. The largest absolute Gasteiger partial charge is 0.496 e. The first-order valence-corrected chi connectivity index (χ1v) is 9.03. The Hall–Kier alpha value is -2.11. The van der Waals surface area contributed by atoms with Crippen molar-refractivity contribution in [1.29, 1.82) is 0 Å². The smallest absolute Gasteiger partial charge is 0.189 e. The van der Waals surface area contributed by atoms with Crippen LogP contribution in [0.25, 0.3) is 0 Å². The molecule has 1 aliphatic heterocycles. The van der Waals surface area contributed by atoms with Gasteiger partial charge in [0.2, 0.25) is 0 Å². The third-order valence-corrected chi connectivity index (χ3v) is 5.53. The molecule has 3 rings (SSSR count). The number of rotatable bonds is 7. The molecule has 0 bridgehead atoms. The minimum atomic E-state index is -0.551. The van der Waals surface area contributed by atoms with Gasteiger partial charge in [0.05, 0.1) is 7.11 Å². The molecule has 0 unspecified atom stereocenters. The van der Waals surface area contributed by atoms with Crippen molar-refractivity contribution in [3.8, 4) is 5.75 Å². The Balaban J connectivity index is 1.86. The van der Waals surface area contributed by atoms with Gasteiger partial charge in [0, 0.05) is 24.1 Å². The van der Waals surface area contributed by atoms with Crippen molar-refractivity contribution in [2.45, 2.75) is 38.3 Å². The minimum Gasteiger partial charge on any atom is -0.496 e. The molecule has 0 amide bonds. The van der Waals surface area contributed by atoms with Crippen molar-refractivity contribution in [1.82, 2.24) is 0 Å². The minimum absolute atomic E-state index is 0.100. The number of ketones is 1. The van der Waals surface area contributed by atoms with Crippen LogP contribution in [0.1, 0.15) is 30.9 Å². The normalized spacial score (nSPS) is 25.9. The highest BCUT2D eigenvalue weighted by Gasteiger charge is 2.51. The fourth-order valence-corrected chi connectivity index (χ4v) is 4.05. The van der Waals surface area contributed by atoms with E-state index in [0.717, 1.165) is 17.7 Å². The summed E-state index contributed by atoms with van der Waals surface area (Å²) >= 11 is 0. The van der Waals surface area contributed by atoms with Crippen LogP contribution in [0.5, 0.6) is 5.75 Å². The molecule has 5 nitrogen and oxygen atoms in total. The van der Waals surface area contributed by atoms with E-state index in [0.29, 0.717) is 25.1 Å². The number of nitrogens with two attached hydrogens (primary N) is 1. The third kappa shape index (κ3) is 3.29. The molecule has 26 heavy (non-hydrogen) atoms. The number of benzene rings is 1. The van der Waals surface area contributed by atoms with E-state index < -0.39 is 5.60 Å². The summed E-state index contributed by atoms with van der Waals surface area (Å²) in [6.07, 6.45) is 5.50. The lowest BCUT2D eigenvalue weighted by Gasteiger charge is -2.38. The van der Waals surface area contributed by atoms with E-state index in [1.54, 1.807) is 19.3 Å². The fraction of sp³-hybridized carbons (Fsp3) is 0.476. The van der Waals surface area contributed by atoms with Crippen LogP contribution in [0, 0.1) is 11.8 Å². The van der Waals surface area contributed by atoms with Gasteiger partial charge >= 0.3 is 0 Å². The molecule has 1 aliphatic carbocycles. The highest BCUT2D eigenvalue weighted by molar-refractivity contribution is 5.93. The second-order valence-electron chi connectivity index (χ2n) is 7.09. The third-order valence-electron chi connectivity index (χ3n) is 5.53. The van der Waals surface area contributed by atoms with Gasteiger partial charge in [-0.2, -0.15) is 0 Å². The summed E-state index contributed by atoms with van der Waals surface area (Å²) in [5.74, 6) is 1.62. The van der Waals surface area contributed by atoms with Crippen LogP contribution >= 0.6 is 0 Å². The Bertz CT molecular complexity index is 727. The van der Waals surface area contributed by atoms with Gasteiger partial charge in [0.15, 0.2) is 12.6 Å². The maximum atomic E-state index is 12.3. The first-order valence-electron chi connectivity index (χ1n) is 9.03. The average Bonchev–Trinajstić information content (AvgIpc) is 3.06. The lowest BCUT2D eigenvalue weighted by Crippen LogP contribution is -2.44. The molecule has 0 aromatic heterocycles. The molecule has 140 valence electrons. The zero-order chi connectivity index (χ0) is 18.7. The molecule has 2 aliphatic rings. The topological polar surface area (TPSA) is 70.8 Å². The molecule has 1 saturated heterocycles. The van der Waals surface area contributed by atoms with Gasteiger partial charge in [-0.05, 0) is 36.8 Å². The summed E-state index contributed by atoms with van der Waals surface area (Å²) in [5.41, 5.74) is 7.44. The first-order chi connectivity index (χ1) is 12.5. The summed E-state index contributed by atoms with van der Waals surface area (Å²) in [5, 5.41) is 0. The van der Waals surface area contributed by atoms with Crippen molar-refractivity contribution in [2.24, 2.45) is 17.6 Å². The molecule has 5 heteroatoms. The Labute approximate surface area is 154 Å².